The lowest BCUT2D eigenvalue weighted by atomic mass is 9.95. The first-order chi connectivity index (χ1) is 15.7. The molecule has 4 heterocycles. The Morgan fingerprint density at radius 2 is 1.94 bits per heavy atom. The van der Waals surface area contributed by atoms with Crippen LogP contribution in [0.1, 0.15) is 71.8 Å². The van der Waals surface area contributed by atoms with Gasteiger partial charge in [-0.2, -0.15) is 0 Å². The van der Waals surface area contributed by atoms with Crippen LogP contribution in [0.15, 0.2) is 40.2 Å². The van der Waals surface area contributed by atoms with Gasteiger partial charge in [-0.3, -0.25) is 14.2 Å². The maximum absolute atomic E-state index is 12.9. The van der Waals surface area contributed by atoms with Crippen LogP contribution in [-0.2, 0) is 0 Å². The molecule has 0 atom stereocenters. The number of carbonyl (C=O) groups excluding carboxylic acids is 2. The Morgan fingerprint density at radius 3 is 2.69 bits per heavy atom. The van der Waals surface area contributed by atoms with Gasteiger partial charge in [-0.05, 0) is 43.9 Å². The van der Waals surface area contributed by atoms with E-state index in [1.165, 1.54) is 31.0 Å². The fourth-order valence-electron chi connectivity index (χ4n) is 4.60. The zero-order valence-electron chi connectivity index (χ0n) is 18.0. The van der Waals surface area contributed by atoms with E-state index in [1.807, 2.05) is 17.0 Å². The predicted octanol–water partition coefficient (Wildman–Crippen LogP) is 4.58. The average Bonchev–Trinajstić information content (AvgIpc) is 3.64. The summed E-state index contributed by atoms with van der Waals surface area (Å²) in [6, 6.07) is 5.72. The Hall–Kier alpha value is -2.81. The van der Waals surface area contributed by atoms with E-state index in [9.17, 15) is 9.59 Å². The summed E-state index contributed by atoms with van der Waals surface area (Å²) in [6.07, 6.45) is 11.1. The standard InChI is InChI=1S/C23H27N5O3S/c29-19(16-13-18(24-14-16)22(30)27-10-4-5-11-27)15-32-23-26-25-21(20-9-6-12-31-20)28(23)17-7-2-1-3-8-17/h6,9,12-14,17,24H,1-5,7-8,10-11,15H2. The summed E-state index contributed by atoms with van der Waals surface area (Å²) >= 11 is 1.39. The van der Waals surface area contributed by atoms with Crippen LogP contribution in [0.2, 0.25) is 0 Å². The molecule has 32 heavy (non-hydrogen) atoms. The lowest BCUT2D eigenvalue weighted by molar-refractivity contribution is 0.0787. The van der Waals surface area contributed by atoms with Crippen molar-refractivity contribution in [3.63, 3.8) is 0 Å². The van der Waals surface area contributed by atoms with Crippen LogP contribution in [0.3, 0.4) is 0 Å². The number of amides is 1. The Morgan fingerprint density at radius 1 is 1.12 bits per heavy atom. The molecule has 168 valence electrons. The second kappa shape index (κ2) is 9.36. The van der Waals surface area contributed by atoms with Crippen molar-refractivity contribution < 1.29 is 14.0 Å². The minimum atomic E-state index is -0.0375. The van der Waals surface area contributed by atoms with E-state index in [2.05, 4.69) is 19.7 Å². The quantitative estimate of drug-likeness (QED) is 0.415. The van der Waals surface area contributed by atoms with Crippen molar-refractivity contribution in [2.75, 3.05) is 18.8 Å². The van der Waals surface area contributed by atoms with Crippen molar-refractivity contribution in [2.24, 2.45) is 0 Å². The zero-order chi connectivity index (χ0) is 21.9. The summed E-state index contributed by atoms with van der Waals surface area (Å²) in [7, 11) is 0. The average molecular weight is 454 g/mol. The normalized spacial score (nSPS) is 17.2. The summed E-state index contributed by atoms with van der Waals surface area (Å²) in [6.45, 7) is 1.57. The number of rotatable bonds is 7. The Bertz CT molecular complexity index is 1080. The smallest absolute Gasteiger partial charge is 0.270 e. The molecule has 5 rings (SSSR count). The Labute approximate surface area is 190 Å². The fraction of sp³-hybridized carbons (Fsp3) is 0.478. The molecule has 0 bridgehead atoms. The van der Waals surface area contributed by atoms with Gasteiger partial charge in [0.25, 0.3) is 5.91 Å². The summed E-state index contributed by atoms with van der Waals surface area (Å²) in [4.78, 5) is 30.2. The molecule has 2 fully saturated rings. The Kier molecular flexibility index (Phi) is 6.16. The molecule has 1 aliphatic heterocycles. The first-order valence-corrected chi connectivity index (χ1v) is 12.3. The molecule has 3 aromatic heterocycles. The number of thioether (sulfide) groups is 1. The molecule has 0 aromatic carbocycles. The third-order valence-electron chi connectivity index (χ3n) is 6.31. The van der Waals surface area contributed by atoms with Crippen LogP contribution in [0, 0.1) is 0 Å². The summed E-state index contributed by atoms with van der Waals surface area (Å²) in [5, 5.41) is 9.52. The molecular weight excluding hydrogens is 426 g/mol. The largest absolute Gasteiger partial charge is 0.461 e. The molecule has 0 radical (unpaired) electrons. The van der Waals surface area contributed by atoms with E-state index in [0.29, 0.717) is 23.1 Å². The van der Waals surface area contributed by atoms with Crippen molar-refractivity contribution in [3.8, 4) is 11.6 Å². The van der Waals surface area contributed by atoms with Gasteiger partial charge in [-0.15, -0.1) is 10.2 Å². The van der Waals surface area contributed by atoms with E-state index in [4.69, 9.17) is 4.42 Å². The van der Waals surface area contributed by atoms with E-state index in [1.54, 1.807) is 18.5 Å². The maximum atomic E-state index is 12.9. The van der Waals surface area contributed by atoms with E-state index < -0.39 is 0 Å². The molecule has 8 nitrogen and oxygen atoms in total. The number of furan rings is 1. The van der Waals surface area contributed by atoms with Gasteiger partial charge in [-0.1, -0.05) is 31.0 Å². The van der Waals surface area contributed by atoms with E-state index in [-0.39, 0.29) is 17.4 Å². The number of likely N-dealkylation sites (tertiary alicyclic amines) is 1. The highest BCUT2D eigenvalue weighted by Gasteiger charge is 2.26. The molecule has 1 N–H and O–H groups in total. The number of hydrogen-bond acceptors (Lipinski definition) is 6. The van der Waals surface area contributed by atoms with Crippen LogP contribution < -0.4 is 0 Å². The summed E-state index contributed by atoms with van der Waals surface area (Å²) in [5.74, 6) is 1.57. The van der Waals surface area contributed by atoms with Crippen molar-refractivity contribution in [3.05, 3.63) is 41.9 Å². The minimum absolute atomic E-state index is 0.0330. The molecule has 9 heteroatoms. The third kappa shape index (κ3) is 4.26. The number of aromatic nitrogens is 4. The summed E-state index contributed by atoms with van der Waals surface area (Å²) < 4.78 is 7.74. The number of Topliss-reactive ketones (excluding diaryl/α,β-unsaturated/α-hetero) is 1. The van der Waals surface area contributed by atoms with Crippen LogP contribution in [0.4, 0.5) is 0 Å². The van der Waals surface area contributed by atoms with Gasteiger partial charge in [0.05, 0.1) is 12.0 Å². The minimum Gasteiger partial charge on any atom is -0.461 e. The van der Waals surface area contributed by atoms with Gasteiger partial charge in [0, 0.05) is 30.9 Å². The van der Waals surface area contributed by atoms with Gasteiger partial charge in [-0.25, -0.2) is 0 Å². The molecule has 1 aliphatic carbocycles. The van der Waals surface area contributed by atoms with Crippen molar-refractivity contribution >= 4 is 23.5 Å². The lowest BCUT2D eigenvalue weighted by Crippen LogP contribution is -2.27. The van der Waals surface area contributed by atoms with Gasteiger partial charge >= 0.3 is 0 Å². The monoisotopic (exact) mass is 453 g/mol. The molecule has 2 aliphatic rings. The summed E-state index contributed by atoms with van der Waals surface area (Å²) in [5.41, 5.74) is 1.00. The number of carbonyl (C=O) groups is 2. The second-order valence-electron chi connectivity index (χ2n) is 8.46. The maximum Gasteiger partial charge on any atom is 0.270 e. The Balaban J connectivity index is 1.30. The first kappa shape index (κ1) is 21.1. The van der Waals surface area contributed by atoms with E-state index in [0.717, 1.165) is 49.8 Å². The third-order valence-corrected chi connectivity index (χ3v) is 7.25. The number of ketones is 1. The fourth-order valence-corrected chi connectivity index (χ4v) is 5.50. The van der Waals surface area contributed by atoms with Crippen LogP contribution >= 0.6 is 11.8 Å². The van der Waals surface area contributed by atoms with Gasteiger partial charge in [0.15, 0.2) is 16.7 Å². The van der Waals surface area contributed by atoms with Crippen LogP contribution in [0.5, 0.6) is 0 Å². The van der Waals surface area contributed by atoms with E-state index >= 15 is 0 Å². The highest BCUT2D eigenvalue weighted by molar-refractivity contribution is 7.99. The van der Waals surface area contributed by atoms with Gasteiger partial charge in [0.2, 0.25) is 5.82 Å². The number of nitrogens with zero attached hydrogens (tertiary/aromatic N) is 4. The molecule has 1 saturated heterocycles. The molecule has 1 amide bonds. The molecule has 3 aromatic rings. The topological polar surface area (TPSA) is 97.0 Å². The van der Waals surface area contributed by atoms with Gasteiger partial charge in [0.1, 0.15) is 5.69 Å². The molecular formula is C23H27N5O3S. The SMILES string of the molecule is O=C(CSc1nnc(-c2ccco2)n1C1CCCCC1)c1c[nH]c(C(=O)N2CCCC2)c1. The first-order valence-electron chi connectivity index (χ1n) is 11.3. The number of nitrogens with one attached hydrogen (secondary N) is 1. The molecule has 1 saturated carbocycles. The predicted molar refractivity (Wildman–Crippen MR) is 121 cm³/mol. The number of hydrogen-bond donors (Lipinski definition) is 1. The highest BCUT2D eigenvalue weighted by atomic mass is 32.2. The lowest BCUT2D eigenvalue weighted by Gasteiger charge is -2.25. The second-order valence-corrected chi connectivity index (χ2v) is 9.40. The van der Waals surface area contributed by atoms with Crippen molar-refractivity contribution in [1.82, 2.24) is 24.6 Å². The van der Waals surface area contributed by atoms with Crippen molar-refractivity contribution in [1.29, 1.82) is 0 Å². The van der Waals surface area contributed by atoms with Crippen LogP contribution in [0.25, 0.3) is 11.6 Å². The highest BCUT2D eigenvalue weighted by Crippen LogP contribution is 2.35. The van der Waals surface area contributed by atoms with Gasteiger partial charge < -0.3 is 14.3 Å². The zero-order valence-corrected chi connectivity index (χ0v) is 18.8. The van der Waals surface area contributed by atoms with Crippen LogP contribution in [-0.4, -0.2) is 55.2 Å². The molecule has 0 spiro atoms. The van der Waals surface area contributed by atoms with Crippen molar-refractivity contribution in [2.45, 2.75) is 56.1 Å². The number of H-pyrrole nitrogens is 1. The number of aromatic amines is 1. The molecule has 0 unspecified atom stereocenters.